The van der Waals surface area contributed by atoms with Gasteiger partial charge in [-0.15, -0.1) is 0 Å². The molecule has 0 fully saturated rings. The van der Waals surface area contributed by atoms with Crippen molar-refractivity contribution in [1.29, 1.82) is 0 Å². The van der Waals surface area contributed by atoms with E-state index in [0.29, 0.717) is 11.3 Å². The van der Waals surface area contributed by atoms with Gasteiger partial charge in [-0.05, 0) is 13.0 Å². The molecule has 2 aromatic rings. The van der Waals surface area contributed by atoms with Crippen LogP contribution in [0.2, 0.25) is 0 Å². The van der Waals surface area contributed by atoms with Crippen molar-refractivity contribution in [2.24, 2.45) is 0 Å². The number of nitrogens with zero attached hydrogens (tertiary/aromatic N) is 1. The van der Waals surface area contributed by atoms with Crippen LogP contribution in [-0.4, -0.2) is 16.0 Å². The van der Waals surface area contributed by atoms with E-state index in [9.17, 15) is 9.90 Å². The highest BCUT2D eigenvalue weighted by molar-refractivity contribution is 6.09. The molecule has 80 valence electrons. The highest BCUT2D eigenvalue weighted by atomic mass is 16.3. The number of hydrogen-bond acceptors (Lipinski definition) is 3. The summed E-state index contributed by atoms with van der Waals surface area (Å²) in [5.41, 5.74) is 2.87. The maximum atomic E-state index is 11.4. The molecule has 1 aromatic carbocycles. The van der Waals surface area contributed by atoms with E-state index in [2.05, 4.69) is 10.3 Å². The molecule has 0 saturated carbocycles. The van der Waals surface area contributed by atoms with Crippen molar-refractivity contribution in [1.82, 2.24) is 4.98 Å². The molecule has 1 atom stereocenters. The van der Waals surface area contributed by atoms with Crippen molar-refractivity contribution in [3.63, 3.8) is 0 Å². The molecule has 4 heteroatoms. The summed E-state index contributed by atoms with van der Waals surface area (Å²) in [6, 6.07) is 7.50. The van der Waals surface area contributed by atoms with Crippen molar-refractivity contribution < 1.29 is 9.90 Å². The maximum absolute atomic E-state index is 11.4. The predicted molar refractivity (Wildman–Crippen MR) is 60.1 cm³/mol. The van der Waals surface area contributed by atoms with Crippen molar-refractivity contribution in [3.8, 4) is 0 Å². The molecule has 1 aliphatic heterocycles. The number of carbonyl (C=O) groups excluding carboxylic acids is 1. The zero-order valence-corrected chi connectivity index (χ0v) is 8.69. The van der Waals surface area contributed by atoms with Crippen LogP contribution in [0.4, 0.5) is 5.69 Å². The maximum Gasteiger partial charge on any atom is 0.257 e. The Labute approximate surface area is 91.9 Å². The summed E-state index contributed by atoms with van der Waals surface area (Å²) in [6.07, 6.45) is -1.07. The Morgan fingerprint density at radius 3 is 2.88 bits per heavy atom. The molecule has 0 saturated heterocycles. The number of carbonyl (C=O) groups is 1. The van der Waals surface area contributed by atoms with Crippen molar-refractivity contribution >= 4 is 22.5 Å². The van der Waals surface area contributed by atoms with Crippen LogP contribution in [0.3, 0.4) is 0 Å². The van der Waals surface area contributed by atoms with Gasteiger partial charge in [0.1, 0.15) is 0 Å². The second kappa shape index (κ2) is 3.02. The second-order valence-electron chi connectivity index (χ2n) is 3.95. The number of hydrogen-bond donors (Lipinski definition) is 2. The number of nitrogens with one attached hydrogen (secondary N) is 1. The molecule has 3 rings (SSSR count). The summed E-state index contributed by atoms with van der Waals surface area (Å²) in [6.45, 7) is 1.89. The average molecular weight is 214 g/mol. The lowest BCUT2D eigenvalue weighted by Gasteiger charge is -2.05. The second-order valence-corrected chi connectivity index (χ2v) is 3.95. The largest absolute Gasteiger partial charge is 0.378 e. The Balaban J connectivity index is 2.37. The third kappa shape index (κ3) is 1.13. The molecule has 4 nitrogen and oxygen atoms in total. The number of fused-ring (bicyclic) bond motifs is 3. The van der Waals surface area contributed by atoms with E-state index in [1.807, 2.05) is 25.1 Å². The number of amides is 1. The number of pyridine rings is 1. The predicted octanol–water partition coefficient (Wildman–Crippen LogP) is 1.53. The number of rotatable bonds is 0. The molecule has 1 amide bonds. The lowest BCUT2D eigenvalue weighted by Crippen LogP contribution is -2.10. The molecule has 16 heavy (non-hydrogen) atoms. The van der Waals surface area contributed by atoms with Crippen LogP contribution < -0.4 is 5.32 Å². The van der Waals surface area contributed by atoms with Gasteiger partial charge in [-0.3, -0.25) is 9.78 Å². The summed E-state index contributed by atoms with van der Waals surface area (Å²) < 4.78 is 0. The number of aromatic nitrogens is 1. The molecule has 1 aromatic heterocycles. The Morgan fingerprint density at radius 2 is 2.06 bits per heavy atom. The minimum Gasteiger partial charge on any atom is -0.378 e. The molecule has 1 unspecified atom stereocenters. The summed E-state index contributed by atoms with van der Waals surface area (Å²) in [7, 11) is 0. The monoisotopic (exact) mass is 214 g/mol. The Bertz CT molecular complexity index is 607. The van der Waals surface area contributed by atoms with E-state index in [0.717, 1.165) is 16.6 Å². The van der Waals surface area contributed by atoms with Gasteiger partial charge in [-0.2, -0.15) is 0 Å². The fourth-order valence-corrected chi connectivity index (χ4v) is 1.99. The SMILES string of the molecule is Cc1ccc2ccc3c(c2n1)NC(=O)C3O. The topological polar surface area (TPSA) is 62.2 Å². The van der Waals surface area contributed by atoms with Gasteiger partial charge in [-0.25, -0.2) is 0 Å². The first-order chi connectivity index (χ1) is 7.66. The molecule has 1 aliphatic rings. The lowest BCUT2D eigenvalue weighted by molar-refractivity contribution is -0.123. The fourth-order valence-electron chi connectivity index (χ4n) is 1.99. The first-order valence-electron chi connectivity index (χ1n) is 5.06. The van der Waals surface area contributed by atoms with Gasteiger partial charge in [-0.1, -0.05) is 18.2 Å². The van der Waals surface area contributed by atoms with Gasteiger partial charge < -0.3 is 10.4 Å². The molecule has 0 spiro atoms. The molecule has 0 radical (unpaired) electrons. The van der Waals surface area contributed by atoms with Crippen LogP contribution in [0.1, 0.15) is 17.4 Å². The number of anilines is 1. The van der Waals surface area contributed by atoms with Gasteiger partial charge in [0.2, 0.25) is 0 Å². The zero-order chi connectivity index (χ0) is 11.3. The molecule has 0 aliphatic carbocycles. The lowest BCUT2D eigenvalue weighted by atomic mass is 10.1. The zero-order valence-electron chi connectivity index (χ0n) is 8.69. The van der Waals surface area contributed by atoms with E-state index in [-0.39, 0.29) is 5.91 Å². The Kier molecular flexibility index (Phi) is 1.76. The van der Waals surface area contributed by atoms with Crippen molar-refractivity contribution in [3.05, 3.63) is 35.5 Å². The third-order valence-corrected chi connectivity index (χ3v) is 2.82. The number of aliphatic hydroxyl groups excluding tert-OH is 1. The van der Waals surface area contributed by atoms with Crippen LogP contribution >= 0.6 is 0 Å². The minimum absolute atomic E-state index is 0.384. The van der Waals surface area contributed by atoms with Crippen LogP contribution in [0.5, 0.6) is 0 Å². The van der Waals surface area contributed by atoms with E-state index in [1.165, 1.54) is 0 Å². The number of aliphatic hydroxyl groups is 1. The Hall–Kier alpha value is -1.94. The standard InChI is InChI=1S/C12H10N2O2/c1-6-2-3-7-4-5-8-10(9(7)13-6)14-12(16)11(8)15/h2-5,11,15H,1H3,(H,14,16). The molecule has 2 heterocycles. The van der Waals surface area contributed by atoms with Crippen LogP contribution in [0.25, 0.3) is 10.9 Å². The molecule has 2 N–H and O–H groups in total. The molecule has 0 bridgehead atoms. The van der Waals surface area contributed by atoms with E-state index in [4.69, 9.17) is 0 Å². The number of benzene rings is 1. The quantitative estimate of drug-likeness (QED) is 0.699. The summed E-state index contributed by atoms with van der Waals surface area (Å²) in [4.78, 5) is 15.8. The number of aryl methyl sites for hydroxylation is 1. The molecular formula is C12H10N2O2. The van der Waals surface area contributed by atoms with Crippen molar-refractivity contribution in [2.45, 2.75) is 13.0 Å². The average Bonchev–Trinajstić information content (AvgIpc) is 2.56. The van der Waals surface area contributed by atoms with Gasteiger partial charge in [0, 0.05) is 16.6 Å². The van der Waals surface area contributed by atoms with Crippen LogP contribution in [0, 0.1) is 6.92 Å². The van der Waals surface area contributed by atoms with Gasteiger partial charge in [0.15, 0.2) is 6.10 Å². The smallest absolute Gasteiger partial charge is 0.257 e. The third-order valence-electron chi connectivity index (χ3n) is 2.82. The Morgan fingerprint density at radius 1 is 1.31 bits per heavy atom. The van der Waals surface area contributed by atoms with Gasteiger partial charge >= 0.3 is 0 Å². The first-order valence-corrected chi connectivity index (χ1v) is 5.06. The van der Waals surface area contributed by atoms with E-state index < -0.39 is 6.10 Å². The van der Waals surface area contributed by atoms with E-state index >= 15 is 0 Å². The van der Waals surface area contributed by atoms with Crippen LogP contribution in [0.15, 0.2) is 24.3 Å². The summed E-state index contributed by atoms with van der Waals surface area (Å²) in [5.74, 6) is -0.384. The van der Waals surface area contributed by atoms with E-state index in [1.54, 1.807) is 6.07 Å². The van der Waals surface area contributed by atoms with Crippen molar-refractivity contribution in [2.75, 3.05) is 5.32 Å². The highest BCUT2D eigenvalue weighted by Crippen LogP contribution is 2.35. The van der Waals surface area contributed by atoms with Crippen LogP contribution in [-0.2, 0) is 4.79 Å². The normalized spacial score (nSPS) is 18.6. The molecular weight excluding hydrogens is 204 g/mol. The first kappa shape index (κ1) is 9.30. The highest BCUT2D eigenvalue weighted by Gasteiger charge is 2.30. The summed E-state index contributed by atoms with van der Waals surface area (Å²) in [5, 5.41) is 13.3. The summed E-state index contributed by atoms with van der Waals surface area (Å²) >= 11 is 0. The van der Waals surface area contributed by atoms with Gasteiger partial charge in [0.05, 0.1) is 11.2 Å². The minimum atomic E-state index is -1.07. The van der Waals surface area contributed by atoms with Gasteiger partial charge in [0.25, 0.3) is 5.91 Å². The fraction of sp³-hybridized carbons (Fsp3) is 0.167.